The Hall–Kier alpha value is -2.02. The van der Waals surface area contributed by atoms with Crippen molar-refractivity contribution in [3.8, 4) is 5.75 Å². The van der Waals surface area contributed by atoms with Gasteiger partial charge < -0.3 is 9.84 Å². The zero-order valence-electron chi connectivity index (χ0n) is 11.1. The summed E-state index contributed by atoms with van der Waals surface area (Å²) in [4.78, 5) is 28.3. The van der Waals surface area contributed by atoms with Gasteiger partial charge in [-0.15, -0.1) is 0 Å². The lowest BCUT2D eigenvalue weighted by Gasteiger charge is -2.08. The van der Waals surface area contributed by atoms with Gasteiger partial charge in [0.25, 0.3) is 0 Å². The summed E-state index contributed by atoms with van der Waals surface area (Å²) >= 11 is 1.17. The average molecular weight is 294 g/mol. The largest absolute Gasteiger partial charge is 0.497 e. The van der Waals surface area contributed by atoms with Crippen molar-refractivity contribution in [1.29, 1.82) is 0 Å². The van der Waals surface area contributed by atoms with E-state index >= 15 is 0 Å². The van der Waals surface area contributed by atoms with Crippen molar-refractivity contribution in [2.75, 3.05) is 14.2 Å². The van der Waals surface area contributed by atoms with Crippen LogP contribution in [0.2, 0.25) is 0 Å². The minimum Gasteiger partial charge on any atom is -0.497 e. The summed E-state index contributed by atoms with van der Waals surface area (Å²) in [7, 11) is 3.18. The van der Waals surface area contributed by atoms with E-state index in [1.54, 1.807) is 38.4 Å². The minimum atomic E-state index is -0.991. The Bertz CT molecular complexity index is 556. The first-order valence-electron chi connectivity index (χ1n) is 5.90. The molecule has 2 rings (SSSR count). The summed E-state index contributed by atoms with van der Waals surface area (Å²) in [5.74, 6) is -0.499. The van der Waals surface area contributed by atoms with Crippen LogP contribution in [-0.4, -0.2) is 46.5 Å². The smallest absolute Gasteiger partial charge is 0.305 e. The van der Waals surface area contributed by atoms with E-state index in [9.17, 15) is 9.59 Å². The predicted molar refractivity (Wildman–Crippen MR) is 76.5 cm³/mol. The highest BCUT2D eigenvalue weighted by molar-refractivity contribution is 8.15. The highest BCUT2D eigenvalue weighted by atomic mass is 32.2. The fraction of sp³-hybridized carbons (Fsp3) is 0.308. The van der Waals surface area contributed by atoms with E-state index in [1.807, 2.05) is 0 Å². The number of hydrogen-bond acceptors (Lipinski definition) is 5. The van der Waals surface area contributed by atoms with Crippen molar-refractivity contribution in [3.05, 3.63) is 24.3 Å². The number of carbonyl (C=O) groups is 2. The number of carboxylic acids is 1. The summed E-state index contributed by atoms with van der Waals surface area (Å²) in [6, 6.07) is 7.09. The molecule has 0 aromatic heterocycles. The van der Waals surface area contributed by atoms with E-state index in [1.165, 1.54) is 16.7 Å². The van der Waals surface area contributed by atoms with E-state index in [0.717, 1.165) is 5.75 Å². The Morgan fingerprint density at radius 1 is 1.45 bits per heavy atom. The number of carboxylic acid groups (broad SMARTS) is 1. The standard InChI is InChI=1S/C13H14N2O4S/c1-15-12(18)10(7-11(16)17)20-13(15)14-8-3-5-9(19-2)6-4-8/h3-6,10H,7H2,1-2H3,(H,16,17)/t10-/m0/s1. The lowest BCUT2D eigenvalue weighted by molar-refractivity contribution is -0.139. The number of methoxy groups -OCH3 is 1. The lowest BCUT2D eigenvalue weighted by Crippen LogP contribution is -2.28. The Kier molecular flexibility index (Phi) is 4.29. The highest BCUT2D eigenvalue weighted by Gasteiger charge is 2.36. The van der Waals surface area contributed by atoms with Crippen LogP contribution in [0, 0.1) is 0 Å². The molecule has 0 radical (unpaired) electrons. The molecule has 1 atom stereocenters. The first-order valence-corrected chi connectivity index (χ1v) is 6.78. The zero-order chi connectivity index (χ0) is 14.7. The number of thioether (sulfide) groups is 1. The van der Waals surface area contributed by atoms with Crippen molar-refractivity contribution in [1.82, 2.24) is 4.90 Å². The first kappa shape index (κ1) is 14.4. The molecule has 0 unspecified atom stereocenters. The summed E-state index contributed by atoms with van der Waals surface area (Å²) < 4.78 is 5.05. The number of nitrogens with zero attached hydrogens (tertiary/aromatic N) is 2. The number of benzene rings is 1. The molecule has 1 aromatic rings. The third kappa shape index (κ3) is 3.11. The highest BCUT2D eigenvalue weighted by Crippen LogP contribution is 2.30. The quantitative estimate of drug-likeness (QED) is 0.915. The zero-order valence-corrected chi connectivity index (χ0v) is 11.9. The fourth-order valence-electron chi connectivity index (χ4n) is 1.72. The summed E-state index contributed by atoms with van der Waals surface area (Å²) in [6.07, 6.45) is -0.199. The average Bonchev–Trinajstić information content (AvgIpc) is 2.67. The van der Waals surface area contributed by atoms with Gasteiger partial charge in [0.1, 0.15) is 11.0 Å². The van der Waals surface area contributed by atoms with Crippen LogP contribution >= 0.6 is 11.8 Å². The Balaban J connectivity index is 2.17. The van der Waals surface area contributed by atoms with Gasteiger partial charge in [-0.1, -0.05) is 11.8 Å². The third-order valence-electron chi connectivity index (χ3n) is 2.80. The van der Waals surface area contributed by atoms with Gasteiger partial charge in [-0.25, -0.2) is 4.99 Å². The summed E-state index contributed by atoms with van der Waals surface area (Å²) in [6.45, 7) is 0. The molecule has 1 fully saturated rings. The molecule has 0 spiro atoms. The van der Waals surface area contributed by atoms with Gasteiger partial charge in [0.05, 0.1) is 19.2 Å². The van der Waals surface area contributed by atoms with E-state index in [-0.39, 0.29) is 12.3 Å². The van der Waals surface area contributed by atoms with Crippen molar-refractivity contribution in [2.24, 2.45) is 4.99 Å². The molecule has 1 heterocycles. The second kappa shape index (κ2) is 5.96. The Labute approximate surface area is 120 Å². The molecule has 20 heavy (non-hydrogen) atoms. The number of hydrogen-bond donors (Lipinski definition) is 1. The van der Waals surface area contributed by atoms with Crippen LogP contribution < -0.4 is 4.74 Å². The molecule has 0 bridgehead atoms. The minimum absolute atomic E-state index is 0.199. The number of ether oxygens (including phenoxy) is 1. The van der Waals surface area contributed by atoms with Crippen molar-refractivity contribution in [2.45, 2.75) is 11.7 Å². The van der Waals surface area contributed by atoms with Crippen LogP contribution in [0.5, 0.6) is 5.75 Å². The lowest BCUT2D eigenvalue weighted by atomic mass is 10.3. The number of aliphatic imine (C=N–C) groups is 1. The van der Waals surface area contributed by atoms with E-state index in [0.29, 0.717) is 10.9 Å². The molecule has 1 amide bonds. The molecule has 1 aliphatic rings. The van der Waals surface area contributed by atoms with Crippen LogP contribution in [0.1, 0.15) is 6.42 Å². The van der Waals surface area contributed by atoms with Gasteiger partial charge in [-0.3, -0.25) is 14.5 Å². The van der Waals surface area contributed by atoms with Crippen LogP contribution in [0.15, 0.2) is 29.3 Å². The number of amides is 1. The van der Waals surface area contributed by atoms with Gasteiger partial charge in [-0.2, -0.15) is 0 Å². The van der Waals surface area contributed by atoms with Crippen molar-refractivity contribution in [3.63, 3.8) is 0 Å². The van der Waals surface area contributed by atoms with Crippen LogP contribution in [0.3, 0.4) is 0 Å². The number of aliphatic carboxylic acids is 1. The molecule has 6 nitrogen and oxygen atoms in total. The molecule has 1 saturated heterocycles. The molecule has 1 aromatic carbocycles. The van der Waals surface area contributed by atoms with E-state index in [4.69, 9.17) is 9.84 Å². The molecule has 7 heteroatoms. The van der Waals surface area contributed by atoms with Crippen molar-refractivity contribution < 1.29 is 19.4 Å². The normalized spacial score (nSPS) is 20.5. The van der Waals surface area contributed by atoms with Gasteiger partial charge in [0.2, 0.25) is 5.91 Å². The van der Waals surface area contributed by atoms with E-state index < -0.39 is 11.2 Å². The third-order valence-corrected chi connectivity index (χ3v) is 4.03. The Morgan fingerprint density at radius 3 is 2.65 bits per heavy atom. The van der Waals surface area contributed by atoms with Crippen molar-refractivity contribution >= 4 is 34.5 Å². The van der Waals surface area contributed by atoms with Gasteiger partial charge >= 0.3 is 5.97 Å². The van der Waals surface area contributed by atoms with Gasteiger partial charge in [0.15, 0.2) is 5.17 Å². The summed E-state index contributed by atoms with van der Waals surface area (Å²) in [5, 5.41) is 8.68. The monoisotopic (exact) mass is 294 g/mol. The molecule has 0 aliphatic carbocycles. The fourth-order valence-corrected chi connectivity index (χ4v) is 2.87. The van der Waals surface area contributed by atoms with Crippen LogP contribution in [-0.2, 0) is 9.59 Å². The van der Waals surface area contributed by atoms with E-state index in [2.05, 4.69) is 4.99 Å². The first-order chi connectivity index (χ1) is 9.51. The maximum atomic E-state index is 11.9. The molecule has 1 N–H and O–H groups in total. The van der Waals surface area contributed by atoms with Crippen LogP contribution in [0.25, 0.3) is 0 Å². The second-order valence-electron chi connectivity index (χ2n) is 4.19. The molecular formula is C13H14N2O4S. The molecule has 0 saturated carbocycles. The number of carbonyl (C=O) groups excluding carboxylic acids is 1. The van der Waals surface area contributed by atoms with Gasteiger partial charge in [-0.05, 0) is 24.3 Å². The topological polar surface area (TPSA) is 79.2 Å². The number of amidine groups is 1. The molecule has 1 aliphatic heterocycles. The SMILES string of the molecule is COc1ccc(N=C2S[C@@H](CC(=O)O)C(=O)N2C)cc1. The number of rotatable bonds is 4. The maximum Gasteiger partial charge on any atom is 0.305 e. The molecule has 106 valence electrons. The summed E-state index contributed by atoms with van der Waals surface area (Å²) in [5.41, 5.74) is 0.684. The maximum absolute atomic E-state index is 11.9. The second-order valence-corrected chi connectivity index (χ2v) is 5.36. The molecular weight excluding hydrogens is 280 g/mol. The van der Waals surface area contributed by atoms with Gasteiger partial charge in [0, 0.05) is 7.05 Å². The van der Waals surface area contributed by atoms with Crippen LogP contribution in [0.4, 0.5) is 5.69 Å². The predicted octanol–water partition coefficient (Wildman–Crippen LogP) is 1.73. The Morgan fingerprint density at radius 2 is 2.10 bits per heavy atom.